The standard InChI is InChI=1S/C21H23F3N4O2S2.CH2O2/c1-13(2)28(3)10-14-5-4-6-17(22)16(14)9-25-15-7-18(23)21(19(24)8-15)32(29,30)27-20-11-31-12-26-20;2-1-3/h4-8,11-13,25,27H,9-10H2,1-3H3;1H,(H,2,3). The molecule has 0 spiro atoms. The molecule has 0 aliphatic heterocycles. The number of benzene rings is 2. The second kappa shape index (κ2) is 12.5. The van der Waals surface area contributed by atoms with Crippen molar-refractivity contribution >= 4 is 39.3 Å². The molecule has 35 heavy (non-hydrogen) atoms. The van der Waals surface area contributed by atoms with Crippen molar-refractivity contribution in [3.63, 3.8) is 0 Å². The Morgan fingerprint density at radius 2 is 1.80 bits per heavy atom. The van der Waals surface area contributed by atoms with Gasteiger partial charge in [-0.25, -0.2) is 26.6 Å². The second-order valence-corrected chi connectivity index (χ2v) is 9.93. The van der Waals surface area contributed by atoms with Crippen molar-refractivity contribution in [3.8, 4) is 0 Å². The summed E-state index contributed by atoms with van der Waals surface area (Å²) >= 11 is 1.13. The van der Waals surface area contributed by atoms with Crippen molar-refractivity contribution in [2.75, 3.05) is 17.1 Å². The summed E-state index contributed by atoms with van der Waals surface area (Å²) in [5.41, 5.74) is 2.47. The highest BCUT2D eigenvalue weighted by atomic mass is 32.2. The highest BCUT2D eigenvalue weighted by Crippen LogP contribution is 2.26. The topological polar surface area (TPSA) is 112 Å². The number of nitrogens with zero attached hydrogens (tertiary/aromatic N) is 2. The molecular formula is C22H25F3N4O4S2. The number of carbonyl (C=O) groups is 1. The number of anilines is 2. The number of carboxylic acid groups (broad SMARTS) is 1. The van der Waals surface area contributed by atoms with Crippen LogP contribution in [0.2, 0.25) is 0 Å². The van der Waals surface area contributed by atoms with Gasteiger partial charge < -0.3 is 10.4 Å². The van der Waals surface area contributed by atoms with Crippen LogP contribution in [-0.4, -0.2) is 43.0 Å². The molecule has 0 aliphatic rings. The maximum atomic E-state index is 14.6. The number of thiazole rings is 1. The Hall–Kier alpha value is -3.16. The van der Waals surface area contributed by atoms with Crippen LogP contribution in [0.15, 0.2) is 46.1 Å². The minimum atomic E-state index is -4.51. The zero-order valence-electron chi connectivity index (χ0n) is 19.1. The van der Waals surface area contributed by atoms with Gasteiger partial charge in [0, 0.05) is 35.8 Å². The first kappa shape index (κ1) is 28.1. The van der Waals surface area contributed by atoms with E-state index in [1.54, 1.807) is 12.1 Å². The number of sulfonamides is 1. The molecule has 0 saturated carbocycles. The summed E-state index contributed by atoms with van der Waals surface area (Å²) in [5.74, 6) is -3.03. The molecule has 2 aromatic carbocycles. The van der Waals surface area contributed by atoms with E-state index in [0.717, 1.165) is 29.0 Å². The SMILES string of the molecule is CC(C)N(C)Cc1cccc(F)c1CNc1cc(F)c(S(=O)(=O)Nc2cscn2)c(F)c1.O=CO. The lowest BCUT2D eigenvalue weighted by Crippen LogP contribution is -2.26. The Morgan fingerprint density at radius 3 is 2.34 bits per heavy atom. The number of hydrogen-bond donors (Lipinski definition) is 3. The fourth-order valence-electron chi connectivity index (χ4n) is 2.96. The van der Waals surface area contributed by atoms with E-state index in [9.17, 15) is 21.6 Å². The van der Waals surface area contributed by atoms with Crippen LogP contribution in [0, 0.1) is 17.5 Å². The van der Waals surface area contributed by atoms with Gasteiger partial charge in [-0.05, 0) is 44.7 Å². The summed E-state index contributed by atoms with van der Waals surface area (Å²) in [5, 5.41) is 11.1. The Bertz CT molecular complexity index is 1220. The number of hydrogen-bond acceptors (Lipinski definition) is 7. The molecule has 8 nitrogen and oxygen atoms in total. The largest absolute Gasteiger partial charge is 0.483 e. The average molecular weight is 531 g/mol. The Balaban J connectivity index is 0.00000137. The molecule has 0 bridgehead atoms. The van der Waals surface area contributed by atoms with Gasteiger partial charge in [-0.2, -0.15) is 0 Å². The Labute approximate surface area is 205 Å². The predicted molar refractivity (Wildman–Crippen MR) is 128 cm³/mol. The van der Waals surface area contributed by atoms with Gasteiger partial charge in [-0.1, -0.05) is 12.1 Å². The molecule has 0 saturated heterocycles. The minimum Gasteiger partial charge on any atom is -0.483 e. The predicted octanol–water partition coefficient (Wildman–Crippen LogP) is 4.51. The van der Waals surface area contributed by atoms with Gasteiger partial charge in [-0.3, -0.25) is 14.4 Å². The molecule has 0 fully saturated rings. The molecule has 0 unspecified atom stereocenters. The molecular weight excluding hydrogens is 505 g/mol. The molecule has 0 amide bonds. The fourth-order valence-corrected chi connectivity index (χ4v) is 4.64. The molecule has 3 N–H and O–H groups in total. The lowest BCUT2D eigenvalue weighted by Gasteiger charge is -2.23. The van der Waals surface area contributed by atoms with E-state index in [-0.39, 0.29) is 30.6 Å². The molecule has 3 rings (SSSR count). The summed E-state index contributed by atoms with van der Waals surface area (Å²) in [6.07, 6.45) is 0. The van der Waals surface area contributed by atoms with Gasteiger partial charge in [0.05, 0.1) is 5.51 Å². The van der Waals surface area contributed by atoms with Crippen LogP contribution in [0.3, 0.4) is 0 Å². The maximum Gasteiger partial charge on any atom is 0.290 e. The van der Waals surface area contributed by atoms with Crippen LogP contribution >= 0.6 is 11.3 Å². The molecule has 190 valence electrons. The zero-order valence-corrected chi connectivity index (χ0v) is 20.8. The van der Waals surface area contributed by atoms with Crippen molar-refractivity contribution in [3.05, 3.63) is 69.8 Å². The van der Waals surface area contributed by atoms with Crippen LogP contribution in [0.1, 0.15) is 25.0 Å². The second-order valence-electron chi connectivity index (χ2n) is 7.59. The third-order valence-electron chi connectivity index (χ3n) is 4.92. The van der Waals surface area contributed by atoms with Crippen molar-refractivity contribution < 1.29 is 31.5 Å². The normalized spacial score (nSPS) is 11.2. The van der Waals surface area contributed by atoms with Crippen molar-refractivity contribution in [2.24, 2.45) is 0 Å². The number of halogens is 3. The first-order chi connectivity index (χ1) is 16.5. The van der Waals surface area contributed by atoms with Gasteiger partial charge in [-0.15, -0.1) is 11.3 Å². The van der Waals surface area contributed by atoms with Gasteiger partial charge in [0.25, 0.3) is 16.5 Å². The van der Waals surface area contributed by atoms with E-state index in [4.69, 9.17) is 9.90 Å². The van der Waals surface area contributed by atoms with E-state index in [1.807, 2.05) is 30.5 Å². The quantitative estimate of drug-likeness (QED) is 0.349. The number of rotatable bonds is 9. The lowest BCUT2D eigenvalue weighted by atomic mass is 10.1. The molecule has 0 aliphatic carbocycles. The Morgan fingerprint density at radius 1 is 1.17 bits per heavy atom. The van der Waals surface area contributed by atoms with Gasteiger partial charge in [0.1, 0.15) is 17.5 Å². The first-order valence-corrected chi connectivity index (χ1v) is 12.6. The molecule has 13 heteroatoms. The van der Waals surface area contributed by atoms with Gasteiger partial charge in [0.15, 0.2) is 10.7 Å². The smallest absolute Gasteiger partial charge is 0.290 e. The van der Waals surface area contributed by atoms with Crippen molar-refractivity contribution in [2.45, 2.75) is 37.9 Å². The van der Waals surface area contributed by atoms with E-state index in [0.29, 0.717) is 12.1 Å². The van der Waals surface area contributed by atoms with Gasteiger partial charge in [0.2, 0.25) is 0 Å². The van der Waals surface area contributed by atoms with Gasteiger partial charge >= 0.3 is 0 Å². The number of aromatic nitrogens is 1. The monoisotopic (exact) mass is 530 g/mol. The third kappa shape index (κ3) is 7.67. The average Bonchev–Trinajstić information content (AvgIpc) is 3.25. The van der Waals surface area contributed by atoms with Crippen LogP contribution in [0.5, 0.6) is 0 Å². The van der Waals surface area contributed by atoms with E-state index in [2.05, 4.69) is 10.3 Å². The molecule has 0 radical (unpaired) electrons. The summed E-state index contributed by atoms with van der Waals surface area (Å²) in [4.78, 5) is 13.0. The van der Waals surface area contributed by atoms with Crippen LogP contribution in [0.4, 0.5) is 24.7 Å². The Kier molecular flexibility index (Phi) is 10.0. The van der Waals surface area contributed by atoms with Crippen molar-refractivity contribution in [1.29, 1.82) is 0 Å². The third-order valence-corrected chi connectivity index (χ3v) is 6.92. The summed E-state index contributed by atoms with van der Waals surface area (Å²) in [6.45, 7) is 4.24. The fraction of sp³-hybridized carbons (Fsp3) is 0.273. The van der Waals surface area contributed by atoms with E-state index in [1.165, 1.54) is 17.0 Å². The summed E-state index contributed by atoms with van der Waals surface area (Å²) in [6, 6.07) is 6.68. The van der Waals surface area contributed by atoms with Crippen molar-refractivity contribution in [1.82, 2.24) is 9.88 Å². The minimum absolute atomic E-state index is 0.0148. The highest BCUT2D eigenvalue weighted by molar-refractivity contribution is 7.92. The lowest BCUT2D eigenvalue weighted by molar-refractivity contribution is -0.122. The van der Waals surface area contributed by atoms with E-state index >= 15 is 0 Å². The van der Waals surface area contributed by atoms with Crippen LogP contribution in [0.25, 0.3) is 0 Å². The summed E-state index contributed by atoms with van der Waals surface area (Å²) < 4.78 is 70.4. The first-order valence-electron chi connectivity index (χ1n) is 10.2. The van der Waals surface area contributed by atoms with E-state index < -0.39 is 32.4 Å². The highest BCUT2D eigenvalue weighted by Gasteiger charge is 2.26. The summed E-state index contributed by atoms with van der Waals surface area (Å²) in [7, 11) is -2.60. The number of nitrogens with one attached hydrogen (secondary N) is 2. The molecule has 1 heterocycles. The zero-order chi connectivity index (χ0) is 26.2. The molecule has 0 atom stereocenters. The van der Waals surface area contributed by atoms with Crippen LogP contribution in [-0.2, 0) is 27.9 Å². The molecule has 1 aromatic heterocycles. The maximum absolute atomic E-state index is 14.6. The molecule has 3 aromatic rings. The van der Waals surface area contributed by atoms with Crippen LogP contribution < -0.4 is 10.0 Å².